The van der Waals surface area contributed by atoms with E-state index in [1.54, 1.807) is 0 Å². The van der Waals surface area contributed by atoms with E-state index in [4.69, 9.17) is 0 Å². The Bertz CT molecular complexity index is 518. The monoisotopic (exact) mass is 252 g/mol. The van der Waals surface area contributed by atoms with Gasteiger partial charge in [0, 0.05) is 18.3 Å². The van der Waals surface area contributed by atoms with E-state index in [1.807, 2.05) is 18.3 Å². The lowest BCUT2D eigenvalue weighted by Gasteiger charge is -2.10. The predicted molar refractivity (Wildman–Crippen MR) is 78.7 cm³/mol. The molecule has 1 aliphatic rings. The topological polar surface area (TPSA) is 24.9 Å². The van der Waals surface area contributed by atoms with Crippen LogP contribution in [0.15, 0.2) is 48.7 Å². The van der Waals surface area contributed by atoms with Crippen LogP contribution in [0.25, 0.3) is 11.3 Å². The number of pyridine rings is 1. The molecular weight excluding hydrogens is 232 g/mol. The highest BCUT2D eigenvalue weighted by atomic mass is 14.8. The number of hydrogen-bond donors (Lipinski definition) is 1. The van der Waals surface area contributed by atoms with E-state index in [2.05, 4.69) is 40.6 Å². The zero-order valence-electron chi connectivity index (χ0n) is 11.2. The second-order valence-electron chi connectivity index (χ2n) is 5.28. The first-order chi connectivity index (χ1) is 9.43. The molecule has 0 aliphatic heterocycles. The first-order valence-electron chi connectivity index (χ1n) is 7.13. The minimum Gasteiger partial charge on any atom is -0.313 e. The van der Waals surface area contributed by atoms with Gasteiger partial charge in [0.2, 0.25) is 0 Å². The zero-order valence-corrected chi connectivity index (χ0v) is 11.2. The van der Waals surface area contributed by atoms with Crippen LogP contribution in [0.1, 0.15) is 24.8 Å². The van der Waals surface area contributed by atoms with Gasteiger partial charge in [0.15, 0.2) is 0 Å². The summed E-state index contributed by atoms with van der Waals surface area (Å²) < 4.78 is 0. The maximum atomic E-state index is 4.45. The van der Waals surface area contributed by atoms with Gasteiger partial charge in [-0.25, -0.2) is 0 Å². The quantitative estimate of drug-likeness (QED) is 0.794. The Labute approximate surface area is 114 Å². The molecule has 1 fully saturated rings. The Kier molecular flexibility index (Phi) is 3.89. The van der Waals surface area contributed by atoms with Gasteiger partial charge in [-0.2, -0.15) is 0 Å². The summed E-state index contributed by atoms with van der Waals surface area (Å²) in [5, 5.41) is 3.56. The SMILES string of the molecule is c1ccc(-c2ccccc2CNCCC2CC2)nc1. The van der Waals surface area contributed by atoms with E-state index >= 15 is 0 Å². The number of hydrogen-bond acceptors (Lipinski definition) is 2. The fraction of sp³-hybridized carbons (Fsp3) is 0.353. The molecule has 1 saturated carbocycles. The van der Waals surface area contributed by atoms with Crippen molar-refractivity contribution in [2.75, 3.05) is 6.54 Å². The van der Waals surface area contributed by atoms with Crippen molar-refractivity contribution in [3.63, 3.8) is 0 Å². The highest BCUT2D eigenvalue weighted by molar-refractivity contribution is 5.63. The van der Waals surface area contributed by atoms with Crippen molar-refractivity contribution < 1.29 is 0 Å². The number of rotatable bonds is 6. The Hall–Kier alpha value is -1.67. The third-order valence-corrected chi connectivity index (χ3v) is 3.70. The molecule has 3 rings (SSSR count). The van der Waals surface area contributed by atoms with Gasteiger partial charge in [-0.3, -0.25) is 4.98 Å². The van der Waals surface area contributed by atoms with Crippen molar-refractivity contribution in [2.45, 2.75) is 25.8 Å². The van der Waals surface area contributed by atoms with Gasteiger partial charge in [-0.1, -0.05) is 43.2 Å². The van der Waals surface area contributed by atoms with Crippen LogP contribution < -0.4 is 5.32 Å². The summed E-state index contributed by atoms with van der Waals surface area (Å²) in [5.74, 6) is 0.999. The number of nitrogens with zero attached hydrogens (tertiary/aromatic N) is 1. The van der Waals surface area contributed by atoms with Crippen molar-refractivity contribution in [2.24, 2.45) is 5.92 Å². The second-order valence-corrected chi connectivity index (χ2v) is 5.28. The first kappa shape index (κ1) is 12.4. The molecule has 1 aromatic carbocycles. The fourth-order valence-corrected chi connectivity index (χ4v) is 2.38. The lowest BCUT2D eigenvalue weighted by Crippen LogP contribution is -2.15. The van der Waals surface area contributed by atoms with E-state index in [9.17, 15) is 0 Å². The van der Waals surface area contributed by atoms with Crippen LogP contribution in [0.3, 0.4) is 0 Å². The van der Waals surface area contributed by atoms with Crippen molar-refractivity contribution in [3.05, 3.63) is 54.2 Å². The molecule has 2 nitrogen and oxygen atoms in total. The number of aromatic nitrogens is 1. The third-order valence-electron chi connectivity index (χ3n) is 3.70. The Morgan fingerprint density at radius 2 is 1.89 bits per heavy atom. The third kappa shape index (κ3) is 3.42. The Morgan fingerprint density at radius 3 is 2.68 bits per heavy atom. The molecule has 0 spiro atoms. The maximum absolute atomic E-state index is 4.45. The summed E-state index contributed by atoms with van der Waals surface area (Å²) in [4.78, 5) is 4.45. The minimum absolute atomic E-state index is 0.930. The van der Waals surface area contributed by atoms with E-state index in [0.29, 0.717) is 0 Å². The van der Waals surface area contributed by atoms with E-state index in [-0.39, 0.29) is 0 Å². The van der Waals surface area contributed by atoms with Crippen LogP contribution in [0.2, 0.25) is 0 Å². The van der Waals surface area contributed by atoms with Crippen molar-refractivity contribution in [1.82, 2.24) is 10.3 Å². The van der Waals surface area contributed by atoms with Crippen LogP contribution in [-0.4, -0.2) is 11.5 Å². The molecular formula is C17H20N2. The highest BCUT2D eigenvalue weighted by Gasteiger charge is 2.19. The molecule has 0 radical (unpaired) electrons. The van der Waals surface area contributed by atoms with Crippen molar-refractivity contribution in [3.8, 4) is 11.3 Å². The average Bonchev–Trinajstić information content (AvgIpc) is 3.29. The van der Waals surface area contributed by atoms with Crippen LogP contribution in [-0.2, 0) is 6.54 Å². The van der Waals surface area contributed by atoms with Crippen molar-refractivity contribution >= 4 is 0 Å². The van der Waals surface area contributed by atoms with E-state index in [0.717, 1.165) is 24.7 Å². The van der Waals surface area contributed by atoms with E-state index in [1.165, 1.54) is 30.4 Å². The number of nitrogens with one attached hydrogen (secondary N) is 1. The summed E-state index contributed by atoms with van der Waals surface area (Å²) in [6.07, 6.45) is 6.05. The van der Waals surface area contributed by atoms with Gasteiger partial charge < -0.3 is 5.32 Å². The normalized spacial score (nSPS) is 14.5. The summed E-state index contributed by atoms with van der Waals surface area (Å²) in [7, 11) is 0. The molecule has 1 N–H and O–H groups in total. The van der Waals surface area contributed by atoms with Gasteiger partial charge in [-0.05, 0) is 36.6 Å². The van der Waals surface area contributed by atoms with E-state index < -0.39 is 0 Å². The van der Waals surface area contributed by atoms with Gasteiger partial charge in [0.05, 0.1) is 5.69 Å². The van der Waals surface area contributed by atoms with Crippen molar-refractivity contribution in [1.29, 1.82) is 0 Å². The van der Waals surface area contributed by atoms with Crippen LogP contribution >= 0.6 is 0 Å². The molecule has 0 unspecified atom stereocenters. The summed E-state index contributed by atoms with van der Waals surface area (Å²) in [5.41, 5.74) is 3.63. The largest absolute Gasteiger partial charge is 0.313 e. The molecule has 1 heterocycles. The molecule has 2 heteroatoms. The first-order valence-corrected chi connectivity index (χ1v) is 7.13. The summed E-state index contributed by atoms with van der Waals surface area (Å²) in [6, 6.07) is 14.6. The molecule has 98 valence electrons. The minimum atomic E-state index is 0.930. The molecule has 0 atom stereocenters. The van der Waals surface area contributed by atoms with Crippen LogP contribution in [0.5, 0.6) is 0 Å². The van der Waals surface area contributed by atoms with Crippen LogP contribution in [0.4, 0.5) is 0 Å². The summed E-state index contributed by atoms with van der Waals surface area (Å²) in [6.45, 7) is 2.06. The molecule has 1 aliphatic carbocycles. The van der Waals surface area contributed by atoms with Gasteiger partial charge in [0.25, 0.3) is 0 Å². The smallest absolute Gasteiger partial charge is 0.0705 e. The lowest BCUT2D eigenvalue weighted by molar-refractivity contribution is 0.613. The van der Waals surface area contributed by atoms with Gasteiger partial charge in [-0.15, -0.1) is 0 Å². The molecule has 2 aromatic rings. The summed E-state index contributed by atoms with van der Waals surface area (Å²) >= 11 is 0. The number of benzene rings is 1. The standard InChI is InChI=1S/C17H20N2/c1-2-6-16(17-7-3-4-11-19-17)15(5-1)13-18-12-10-14-8-9-14/h1-7,11,14,18H,8-10,12-13H2. The Balaban J connectivity index is 1.66. The fourth-order valence-electron chi connectivity index (χ4n) is 2.38. The van der Waals surface area contributed by atoms with Crippen LogP contribution in [0, 0.1) is 5.92 Å². The highest BCUT2D eigenvalue weighted by Crippen LogP contribution is 2.31. The molecule has 0 bridgehead atoms. The second kappa shape index (κ2) is 5.98. The Morgan fingerprint density at radius 1 is 1.05 bits per heavy atom. The lowest BCUT2D eigenvalue weighted by atomic mass is 10.0. The molecule has 1 aromatic heterocycles. The molecule has 0 amide bonds. The zero-order chi connectivity index (χ0) is 12.9. The molecule has 0 saturated heterocycles. The molecule has 19 heavy (non-hydrogen) atoms. The predicted octanol–water partition coefficient (Wildman–Crippen LogP) is 3.64. The van der Waals surface area contributed by atoms with Gasteiger partial charge in [0.1, 0.15) is 0 Å². The maximum Gasteiger partial charge on any atom is 0.0705 e. The van der Waals surface area contributed by atoms with Gasteiger partial charge >= 0.3 is 0 Å². The average molecular weight is 252 g/mol.